The highest BCUT2D eigenvalue weighted by molar-refractivity contribution is 6.00. The van der Waals surface area contributed by atoms with Gasteiger partial charge in [-0.3, -0.25) is 5.43 Å². The zero-order valence-electron chi connectivity index (χ0n) is 9.26. The van der Waals surface area contributed by atoms with Crippen molar-refractivity contribution in [2.75, 3.05) is 5.43 Å². The van der Waals surface area contributed by atoms with Gasteiger partial charge in [0.05, 0.1) is 11.4 Å². The Hall–Kier alpha value is -2.17. The van der Waals surface area contributed by atoms with Gasteiger partial charge in [0.2, 0.25) is 0 Å². The van der Waals surface area contributed by atoms with Crippen LogP contribution in [-0.2, 0) is 6.42 Å². The SMILES string of the molecule is c1ccc(N/N=C2/CCCc3nonc32)cc1. The lowest BCUT2D eigenvalue weighted by atomic mass is 9.99. The first-order valence-corrected chi connectivity index (χ1v) is 5.63. The Morgan fingerprint density at radius 1 is 1.12 bits per heavy atom. The third-order valence-corrected chi connectivity index (χ3v) is 2.75. The minimum Gasteiger partial charge on any atom is -0.278 e. The van der Waals surface area contributed by atoms with Gasteiger partial charge in [-0.25, -0.2) is 4.63 Å². The smallest absolute Gasteiger partial charge is 0.154 e. The van der Waals surface area contributed by atoms with Crippen molar-refractivity contribution in [3.63, 3.8) is 0 Å². The van der Waals surface area contributed by atoms with Gasteiger partial charge in [0.15, 0.2) is 5.69 Å². The molecule has 0 atom stereocenters. The first-order valence-electron chi connectivity index (χ1n) is 5.63. The summed E-state index contributed by atoms with van der Waals surface area (Å²) in [5.74, 6) is 0. The second kappa shape index (κ2) is 4.37. The van der Waals surface area contributed by atoms with E-state index in [0.29, 0.717) is 0 Å². The Balaban J connectivity index is 1.82. The molecule has 1 aromatic carbocycles. The number of benzene rings is 1. The van der Waals surface area contributed by atoms with Gasteiger partial charge in [-0.15, -0.1) is 0 Å². The molecule has 0 unspecified atom stereocenters. The second-order valence-corrected chi connectivity index (χ2v) is 3.95. The number of rotatable bonds is 2. The highest BCUT2D eigenvalue weighted by Gasteiger charge is 2.21. The first-order chi connectivity index (χ1) is 8.43. The van der Waals surface area contributed by atoms with Crippen LogP contribution in [0.1, 0.15) is 24.2 Å². The van der Waals surface area contributed by atoms with Gasteiger partial charge in [0, 0.05) is 0 Å². The number of nitrogens with one attached hydrogen (secondary N) is 1. The summed E-state index contributed by atoms with van der Waals surface area (Å²) in [5.41, 5.74) is 6.60. The van der Waals surface area contributed by atoms with Crippen LogP contribution in [0.2, 0.25) is 0 Å². The van der Waals surface area contributed by atoms with E-state index >= 15 is 0 Å². The second-order valence-electron chi connectivity index (χ2n) is 3.95. The number of nitrogens with zero attached hydrogens (tertiary/aromatic N) is 3. The average Bonchev–Trinajstić information content (AvgIpc) is 2.86. The monoisotopic (exact) mass is 228 g/mol. The fourth-order valence-electron chi connectivity index (χ4n) is 1.88. The molecule has 1 aliphatic carbocycles. The molecule has 0 saturated heterocycles. The topological polar surface area (TPSA) is 63.3 Å². The number of para-hydroxylation sites is 1. The number of hydrogen-bond acceptors (Lipinski definition) is 5. The zero-order chi connectivity index (χ0) is 11.5. The van der Waals surface area contributed by atoms with Crippen molar-refractivity contribution in [2.24, 2.45) is 5.10 Å². The van der Waals surface area contributed by atoms with E-state index in [1.54, 1.807) is 0 Å². The van der Waals surface area contributed by atoms with E-state index in [1.807, 2.05) is 30.3 Å². The van der Waals surface area contributed by atoms with E-state index in [0.717, 1.165) is 42.0 Å². The number of hydrazone groups is 1. The molecule has 5 heteroatoms. The molecular weight excluding hydrogens is 216 g/mol. The standard InChI is InChI=1S/C12H12N4O/c1-2-5-9(6-3-1)13-14-10-7-4-8-11-12(10)16-17-15-11/h1-3,5-6,13H,4,7-8H2/b14-10-. The first kappa shape index (κ1) is 10.0. The van der Waals surface area contributed by atoms with Gasteiger partial charge in [-0.1, -0.05) is 23.4 Å². The lowest BCUT2D eigenvalue weighted by Crippen LogP contribution is -2.13. The molecule has 0 fully saturated rings. The summed E-state index contributed by atoms with van der Waals surface area (Å²) in [4.78, 5) is 0. The maximum atomic E-state index is 4.74. The van der Waals surface area contributed by atoms with Crippen molar-refractivity contribution >= 4 is 11.4 Å². The summed E-state index contributed by atoms with van der Waals surface area (Å²) in [6, 6.07) is 9.83. The molecule has 1 aromatic heterocycles. The predicted octanol–water partition coefficient (Wildman–Crippen LogP) is 2.22. The van der Waals surface area contributed by atoms with Crippen molar-refractivity contribution in [2.45, 2.75) is 19.3 Å². The molecule has 5 nitrogen and oxygen atoms in total. The molecule has 0 amide bonds. The molecule has 0 spiro atoms. The number of aryl methyl sites for hydroxylation is 1. The van der Waals surface area contributed by atoms with Crippen LogP contribution >= 0.6 is 0 Å². The van der Waals surface area contributed by atoms with Crippen LogP contribution in [-0.4, -0.2) is 16.0 Å². The van der Waals surface area contributed by atoms with Gasteiger partial charge in [0.25, 0.3) is 0 Å². The third-order valence-electron chi connectivity index (χ3n) is 2.75. The summed E-state index contributed by atoms with van der Waals surface area (Å²) < 4.78 is 4.74. The van der Waals surface area contributed by atoms with Crippen LogP contribution in [0, 0.1) is 0 Å². The van der Waals surface area contributed by atoms with Crippen molar-refractivity contribution in [1.82, 2.24) is 10.3 Å². The molecular formula is C12H12N4O. The van der Waals surface area contributed by atoms with Crippen molar-refractivity contribution < 1.29 is 4.63 Å². The zero-order valence-corrected chi connectivity index (χ0v) is 9.26. The molecule has 0 bridgehead atoms. The number of hydrogen-bond donors (Lipinski definition) is 1. The summed E-state index contributed by atoms with van der Waals surface area (Å²) in [5, 5.41) is 12.1. The van der Waals surface area contributed by atoms with Gasteiger partial charge in [-0.2, -0.15) is 5.10 Å². The van der Waals surface area contributed by atoms with E-state index in [2.05, 4.69) is 20.8 Å². The van der Waals surface area contributed by atoms with Crippen LogP contribution in [0.3, 0.4) is 0 Å². The molecule has 86 valence electrons. The van der Waals surface area contributed by atoms with Gasteiger partial charge < -0.3 is 0 Å². The molecule has 0 saturated carbocycles. The Labute approximate surface area is 98.5 Å². The molecule has 1 heterocycles. The van der Waals surface area contributed by atoms with E-state index < -0.39 is 0 Å². The van der Waals surface area contributed by atoms with Crippen molar-refractivity contribution in [3.05, 3.63) is 41.7 Å². The van der Waals surface area contributed by atoms with Crippen LogP contribution in [0.25, 0.3) is 0 Å². The van der Waals surface area contributed by atoms with E-state index in [4.69, 9.17) is 4.63 Å². The fourth-order valence-corrected chi connectivity index (χ4v) is 1.88. The molecule has 17 heavy (non-hydrogen) atoms. The number of anilines is 1. The highest BCUT2D eigenvalue weighted by Crippen LogP contribution is 2.18. The maximum Gasteiger partial charge on any atom is 0.154 e. The fraction of sp³-hybridized carbons (Fsp3) is 0.250. The molecule has 0 aliphatic heterocycles. The van der Waals surface area contributed by atoms with Crippen molar-refractivity contribution in [1.29, 1.82) is 0 Å². The molecule has 1 aliphatic rings. The van der Waals surface area contributed by atoms with Gasteiger partial charge in [-0.05, 0) is 36.6 Å². The lowest BCUT2D eigenvalue weighted by Gasteiger charge is -2.10. The average molecular weight is 228 g/mol. The maximum absolute atomic E-state index is 4.74. The number of aromatic nitrogens is 2. The van der Waals surface area contributed by atoms with E-state index in [-0.39, 0.29) is 0 Å². The Bertz CT molecular complexity index is 532. The lowest BCUT2D eigenvalue weighted by molar-refractivity contribution is 0.303. The van der Waals surface area contributed by atoms with E-state index in [1.165, 1.54) is 0 Å². The third kappa shape index (κ3) is 2.04. The normalized spacial score (nSPS) is 16.8. The van der Waals surface area contributed by atoms with E-state index in [9.17, 15) is 0 Å². The van der Waals surface area contributed by atoms with Crippen LogP contribution in [0.4, 0.5) is 5.69 Å². The minimum atomic E-state index is 0.791. The predicted molar refractivity (Wildman–Crippen MR) is 63.8 cm³/mol. The molecule has 2 aromatic rings. The Kier molecular flexibility index (Phi) is 2.57. The summed E-state index contributed by atoms with van der Waals surface area (Å²) in [6.07, 6.45) is 2.86. The largest absolute Gasteiger partial charge is 0.278 e. The van der Waals surface area contributed by atoms with Gasteiger partial charge in [0.1, 0.15) is 5.69 Å². The molecule has 0 radical (unpaired) electrons. The van der Waals surface area contributed by atoms with Crippen LogP contribution in [0.15, 0.2) is 40.1 Å². The van der Waals surface area contributed by atoms with Crippen molar-refractivity contribution in [3.8, 4) is 0 Å². The van der Waals surface area contributed by atoms with Gasteiger partial charge >= 0.3 is 0 Å². The summed E-state index contributed by atoms with van der Waals surface area (Å²) in [7, 11) is 0. The molecule has 3 rings (SSSR count). The highest BCUT2D eigenvalue weighted by atomic mass is 16.6. The van der Waals surface area contributed by atoms with Crippen LogP contribution < -0.4 is 5.43 Å². The summed E-state index contributed by atoms with van der Waals surface area (Å²) in [6.45, 7) is 0. The Morgan fingerprint density at radius 2 is 2.00 bits per heavy atom. The Morgan fingerprint density at radius 3 is 2.88 bits per heavy atom. The molecule has 1 N–H and O–H groups in total. The number of fused-ring (bicyclic) bond motifs is 1. The minimum absolute atomic E-state index is 0.791. The van der Waals surface area contributed by atoms with Crippen LogP contribution in [0.5, 0.6) is 0 Å². The quantitative estimate of drug-likeness (QED) is 0.800. The summed E-state index contributed by atoms with van der Waals surface area (Å²) >= 11 is 0.